The Morgan fingerprint density at radius 1 is 1.03 bits per heavy atom. The first-order valence-electron chi connectivity index (χ1n) is 9.33. The summed E-state index contributed by atoms with van der Waals surface area (Å²) in [4.78, 5) is 35.7. The molecule has 1 unspecified atom stereocenters. The largest absolute Gasteiger partial charge is 0.507 e. The van der Waals surface area contributed by atoms with Crippen molar-refractivity contribution in [3.8, 4) is 5.75 Å². The molecule has 1 amide bonds. The normalized spacial score (nSPS) is 17.9. The predicted molar refractivity (Wildman–Crippen MR) is 109 cm³/mol. The molecule has 1 aliphatic rings. The Morgan fingerprint density at radius 2 is 1.77 bits per heavy atom. The van der Waals surface area contributed by atoms with Crippen LogP contribution in [0.1, 0.15) is 22.9 Å². The number of aromatic nitrogens is 2. The molecule has 2 aromatic heterocycles. The van der Waals surface area contributed by atoms with Gasteiger partial charge >= 0.3 is 0 Å². The molecule has 0 radical (unpaired) electrons. The van der Waals surface area contributed by atoms with E-state index < -0.39 is 17.7 Å². The lowest BCUT2D eigenvalue weighted by molar-refractivity contribution is -0.140. The van der Waals surface area contributed by atoms with E-state index in [1.165, 1.54) is 12.0 Å². The number of hydrogen-bond donors (Lipinski definition) is 1. The monoisotopic (exact) mass is 401 g/mol. The number of pyridine rings is 2. The fourth-order valence-electron chi connectivity index (χ4n) is 3.56. The number of carbonyl (C=O) groups is 2. The van der Waals surface area contributed by atoms with Gasteiger partial charge < -0.3 is 14.7 Å². The van der Waals surface area contributed by atoms with Gasteiger partial charge in [0.05, 0.1) is 23.9 Å². The number of amides is 1. The zero-order valence-electron chi connectivity index (χ0n) is 16.2. The molecule has 0 spiro atoms. The third kappa shape index (κ3) is 3.41. The smallest absolute Gasteiger partial charge is 0.296 e. The molecule has 150 valence electrons. The minimum Gasteiger partial charge on any atom is -0.507 e. The summed E-state index contributed by atoms with van der Waals surface area (Å²) in [6, 6.07) is 14.8. The molecule has 4 rings (SSSR count). The average Bonchev–Trinajstić information content (AvgIpc) is 3.04. The third-order valence-corrected chi connectivity index (χ3v) is 4.97. The molecule has 1 N–H and O–H groups in total. The quantitative estimate of drug-likeness (QED) is 0.401. The lowest BCUT2D eigenvalue weighted by atomic mass is 9.97. The SMILES string of the molecule is COc1ccccc1/C(O)=C1/C(=O)C(=O)N(Cc2ccncc2)C1c1ccccn1. The van der Waals surface area contributed by atoms with Crippen LogP contribution in [0.25, 0.3) is 5.76 Å². The van der Waals surface area contributed by atoms with Gasteiger partial charge in [-0.15, -0.1) is 0 Å². The lowest BCUT2D eigenvalue weighted by Crippen LogP contribution is -2.29. The molecule has 3 heterocycles. The highest BCUT2D eigenvalue weighted by Gasteiger charge is 2.46. The first kappa shape index (κ1) is 19.3. The molecule has 30 heavy (non-hydrogen) atoms. The van der Waals surface area contributed by atoms with Gasteiger partial charge in [-0.25, -0.2) is 0 Å². The third-order valence-electron chi connectivity index (χ3n) is 4.97. The van der Waals surface area contributed by atoms with Crippen LogP contribution in [-0.2, 0) is 16.1 Å². The van der Waals surface area contributed by atoms with Crippen LogP contribution in [0.2, 0.25) is 0 Å². The summed E-state index contributed by atoms with van der Waals surface area (Å²) in [6.07, 6.45) is 4.83. The maximum absolute atomic E-state index is 13.0. The van der Waals surface area contributed by atoms with E-state index in [4.69, 9.17) is 4.74 Å². The lowest BCUT2D eigenvalue weighted by Gasteiger charge is -2.24. The number of nitrogens with zero attached hydrogens (tertiary/aromatic N) is 3. The van der Waals surface area contributed by atoms with Crippen molar-refractivity contribution in [2.75, 3.05) is 7.11 Å². The summed E-state index contributed by atoms with van der Waals surface area (Å²) in [7, 11) is 1.48. The Kier molecular flexibility index (Phi) is 5.26. The number of methoxy groups -OCH3 is 1. The molecule has 7 heteroatoms. The maximum Gasteiger partial charge on any atom is 0.296 e. The van der Waals surface area contributed by atoms with E-state index in [0.717, 1.165) is 5.56 Å². The number of aliphatic hydroxyl groups is 1. The first-order chi connectivity index (χ1) is 14.6. The number of rotatable bonds is 5. The van der Waals surface area contributed by atoms with Crippen molar-refractivity contribution in [3.05, 3.63) is 95.6 Å². The first-order valence-corrected chi connectivity index (χ1v) is 9.33. The number of ketones is 1. The molecule has 0 aliphatic carbocycles. The number of ether oxygens (including phenoxy) is 1. The predicted octanol–water partition coefficient (Wildman–Crippen LogP) is 3.11. The van der Waals surface area contributed by atoms with E-state index in [1.807, 2.05) is 0 Å². The van der Waals surface area contributed by atoms with Crippen LogP contribution < -0.4 is 4.74 Å². The highest BCUT2D eigenvalue weighted by molar-refractivity contribution is 6.46. The van der Waals surface area contributed by atoms with E-state index in [1.54, 1.807) is 73.2 Å². The topological polar surface area (TPSA) is 92.6 Å². The van der Waals surface area contributed by atoms with Crippen molar-refractivity contribution in [3.63, 3.8) is 0 Å². The van der Waals surface area contributed by atoms with Crippen LogP contribution in [0.5, 0.6) is 5.75 Å². The van der Waals surface area contributed by atoms with Crippen LogP contribution >= 0.6 is 0 Å². The standard InChI is InChI=1S/C23H19N3O4/c1-30-18-8-3-2-6-16(18)21(27)19-20(17-7-4-5-11-25-17)26(23(29)22(19)28)14-15-9-12-24-13-10-15/h2-13,20,27H,14H2,1H3/b21-19-. The Bertz CT molecular complexity index is 1110. The van der Waals surface area contributed by atoms with Gasteiger partial charge in [-0.05, 0) is 42.0 Å². The van der Waals surface area contributed by atoms with Crippen LogP contribution in [0.15, 0.2) is 78.8 Å². The summed E-state index contributed by atoms with van der Waals surface area (Å²) in [5, 5.41) is 11.1. The zero-order chi connectivity index (χ0) is 21.1. The van der Waals surface area contributed by atoms with Crippen LogP contribution in [0.3, 0.4) is 0 Å². The van der Waals surface area contributed by atoms with Gasteiger partial charge in [0.2, 0.25) is 0 Å². The number of carbonyl (C=O) groups excluding carboxylic acids is 2. The van der Waals surface area contributed by atoms with Crippen molar-refractivity contribution in [2.45, 2.75) is 12.6 Å². The zero-order valence-corrected chi connectivity index (χ0v) is 16.2. The van der Waals surface area contributed by atoms with Gasteiger partial charge in [-0.3, -0.25) is 19.6 Å². The number of Topliss-reactive ketones (excluding diaryl/α,β-unsaturated/α-hetero) is 1. The molecular formula is C23H19N3O4. The van der Waals surface area contributed by atoms with Gasteiger partial charge in [-0.1, -0.05) is 18.2 Å². The Balaban J connectivity index is 1.88. The Hall–Kier alpha value is -4.00. The van der Waals surface area contributed by atoms with Crippen LogP contribution in [0.4, 0.5) is 0 Å². The Labute approximate surface area is 173 Å². The van der Waals surface area contributed by atoms with E-state index in [2.05, 4.69) is 9.97 Å². The van der Waals surface area contributed by atoms with Gasteiger partial charge in [0.25, 0.3) is 11.7 Å². The molecule has 0 bridgehead atoms. The second kappa shape index (κ2) is 8.16. The molecule has 0 saturated carbocycles. The van der Waals surface area contributed by atoms with Gasteiger partial charge in [-0.2, -0.15) is 0 Å². The van der Waals surface area contributed by atoms with E-state index in [9.17, 15) is 14.7 Å². The van der Waals surface area contributed by atoms with Crippen molar-refractivity contribution < 1.29 is 19.4 Å². The van der Waals surface area contributed by atoms with Gasteiger partial charge in [0.15, 0.2) is 0 Å². The minimum absolute atomic E-state index is 0.0164. The van der Waals surface area contributed by atoms with E-state index >= 15 is 0 Å². The van der Waals surface area contributed by atoms with Crippen LogP contribution in [-0.4, -0.2) is 38.8 Å². The second-order valence-corrected chi connectivity index (χ2v) is 6.74. The van der Waals surface area contributed by atoms with Crippen molar-refractivity contribution in [1.29, 1.82) is 0 Å². The Morgan fingerprint density at radius 3 is 2.47 bits per heavy atom. The highest BCUT2D eigenvalue weighted by atomic mass is 16.5. The van der Waals surface area contributed by atoms with Crippen LogP contribution in [0, 0.1) is 0 Å². The van der Waals surface area contributed by atoms with E-state index in [-0.39, 0.29) is 17.9 Å². The highest BCUT2D eigenvalue weighted by Crippen LogP contribution is 2.40. The van der Waals surface area contributed by atoms with E-state index in [0.29, 0.717) is 17.0 Å². The number of hydrogen-bond acceptors (Lipinski definition) is 6. The summed E-state index contributed by atoms with van der Waals surface area (Å²) >= 11 is 0. The van der Waals surface area contributed by atoms with Gasteiger partial charge in [0.1, 0.15) is 17.6 Å². The second-order valence-electron chi connectivity index (χ2n) is 6.74. The molecule has 7 nitrogen and oxygen atoms in total. The average molecular weight is 401 g/mol. The maximum atomic E-state index is 13.0. The summed E-state index contributed by atoms with van der Waals surface area (Å²) in [6.45, 7) is 0.178. The number of para-hydroxylation sites is 1. The molecule has 1 atom stereocenters. The number of likely N-dealkylation sites (tertiary alicyclic amines) is 1. The fraction of sp³-hybridized carbons (Fsp3) is 0.130. The molecular weight excluding hydrogens is 382 g/mol. The molecule has 1 aromatic carbocycles. The summed E-state index contributed by atoms with van der Waals surface area (Å²) in [5.41, 5.74) is 1.62. The molecule has 1 saturated heterocycles. The molecule has 3 aromatic rings. The van der Waals surface area contributed by atoms with Crippen molar-refractivity contribution in [1.82, 2.24) is 14.9 Å². The number of benzene rings is 1. The minimum atomic E-state index is -0.829. The summed E-state index contributed by atoms with van der Waals surface area (Å²) in [5.74, 6) is -1.35. The molecule has 1 aliphatic heterocycles. The van der Waals surface area contributed by atoms with Crippen molar-refractivity contribution >= 4 is 17.4 Å². The number of aliphatic hydroxyl groups excluding tert-OH is 1. The molecule has 1 fully saturated rings. The van der Waals surface area contributed by atoms with Gasteiger partial charge in [0, 0.05) is 25.1 Å². The fourth-order valence-corrected chi connectivity index (χ4v) is 3.56. The summed E-state index contributed by atoms with van der Waals surface area (Å²) < 4.78 is 5.32. The van der Waals surface area contributed by atoms with Crippen molar-refractivity contribution in [2.24, 2.45) is 0 Å².